The van der Waals surface area contributed by atoms with Crippen LogP contribution >= 0.6 is 23.4 Å². The van der Waals surface area contributed by atoms with E-state index in [4.69, 9.17) is 16.0 Å². The summed E-state index contributed by atoms with van der Waals surface area (Å²) in [7, 11) is 0. The third-order valence-electron chi connectivity index (χ3n) is 3.72. The van der Waals surface area contributed by atoms with Gasteiger partial charge < -0.3 is 9.73 Å². The molecule has 9 heteroatoms. The zero-order valence-electron chi connectivity index (χ0n) is 13.4. The van der Waals surface area contributed by atoms with E-state index >= 15 is 0 Å². The molecule has 0 saturated heterocycles. The molecule has 1 aromatic carbocycles. The number of nitrogens with zero attached hydrogens (tertiary/aromatic N) is 4. The van der Waals surface area contributed by atoms with Gasteiger partial charge in [-0.3, -0.25) is 0 Å². The first-order chi connectivity index (χ1) is 12.2. The SMILES string of the molecule is CSc1n[nH]c(Nc2ncnc3oc(-c4ccc(Cl)cc4)c(C)c23)n1. The van der Waals surface area contributed by atoms with E-state index in [2.05, 4.69) is 30.5 Å². The van der Waals surface area contributed by atoms with Crippen molar-refractivity contribution in [3.8, 4) is 11.3 Å². The van der Waals surface area contributed by atoms with Crippen molar-refractivity contribution in [2.45, 2.75) is 12.1 Å². The number of fused-ring (bicyclic) bond motifs is 1. The van der Waals surface area contributed by atoms with E-state index in [0.29, 0.717) is 27.7 Å². The number of aromatic amines is 1. The van der Waals surface area contributed by atoms with Crippen LogP contribution in [-0.4, -0.2) is 31.4 Å². The van der Waals surface area contributed by atoms with Crippen molar-refractivity contribution in [1.82, 2.24) is 25.1 Å². The number of H-pyrrole nitrogens is 1. The predicted molar refractivity (Wildman–Crippen MR) is 98.4 cm³/mol. The fraction of sp³-hybridized carbons (Fsp3) is 0.125. The molecule has 0 amide bonds. The summed E-state index contributed by atoms with van der Waals surface area (Å²) in [5, 5.41) is 12.2. The van der Waals surface area contributed by atoms with Crippen molar-refractivity contribution in [3.63, 3.8) is 0 Å². The molecule has 0 spiro atoms. The summed E-state index contributed by atoms with van der Waals surface area (Å²) in [5.41, 5.74) is 2.37. The molecular weight excluding hydrogens is 360 g/mol. The molecule has 3 heterocycles. The molecule has 0 fully saturated rings. The normalized spacial score (nSPS) is 11.2. The van der Waals surface area contributed by atoms with E-state index < -0.39 is 0 Å². The number of halogens is 1. The number of furan rings is 1. The summed E-state index contributed by atoms with van der Waals surface area (Å²) in [6.45, 7) is 1.97. The lowest BCUT2D eigenvalue weighted by molar-refractivity contribution is 0.615. The standard InChI is InChI=1S/C16H13ClN6OS/c1-8-11-13(20-15-21-16(25-2)23-22-15)18-7-19-14(11)24-12(8)9-3-5-10(17)6-4-9/h3-7H,1-2H3,(H2,18,19,20,21,22,23). The number of aryl methyl sites for hydroxylation is 1. The summed E-state index contributed by atoms with van der Waals surface area (Å²) < 4.78 is 5.94. The largest absolute Gasteiger partial charge is 0.437 e. The Morgan fingerprint density at radius 2 is 2.00 bits per heavy atom. The maximum Gasteiger partial charge on any atom is 0.232 e. The molecule has 0 aliphatic rings. The van der Waals surface area contributed by atoms with Crippen molar-refractivity contribution in [1.29, 1.82) is 0 Å². The Kier molecular flexibility index (Phi) is 4.06. The van der Waals surface area contributed by atoms with E-state index in [-0.39, 0.29) is 0 Å². The fourth-order valence-corrected chi connectivity index (χ4v) is 2.99. The van der Waals surface area contributed by atoms with Crippen LogP contribution in [0.2, 0.25) is 5.02 Å². The Bertz CT molecular complexity index is 1040. The van der Waals surface area contributed by atoms with Crippen LogP contribution in [-0.2, 0) is 0 Å². The van der Waals surface area contributed by atoms with Crippen LogP contribution in [0.5, 0.6) is 0 Å². The second-order valence-electron chi connectivity index (χ2n) is 5.26. The molecule has 126 valence electrons. The molecule has 0 radical (unpaired) electrons. The van der Waals surface area contributed by atoms with Gasteiger partial charge in [-0.25, -0.2) is 15.1 Å². The highest BCUT2D eigenvalue weighted by Crippen LogP contribution is 2.36. The monoisotopic (exact) mass is 372 g/mol. The van der Waals surface area contributed by atoms with Gasteiger partial charge in [-0.15, -0.1) is 5.10 Å². The maximum absolute atomic E-state index is 5.97. The molecule has 0 bridgehead atoms. The average Bonchev–Trinajstić information content (AvgIpc) is 3.21. The van der Waals surface area contributed by atoms with Gasteiger partial charge in [0.1, 0.15) is 17.9 Å². The minimum atomic E-state index is 0.504. The molecule has 0 aliphatic heterocycles. The number of aromatic nitrogens is 5. The van der Waals surface area contributed by atoms with Crippen LogP contribution in [0.15, 0.2) is 40.2 Å². The molecule has 0 unspecified atom stereocenters. The fourth-order valence-electron chi connectivity index (χ4n) is 2.55. The zero-order valence-corrected chi connectivity index (χ0v) is 14.9. The van der Waals surface area contributed by atoms with E-state index in [1.807, 2.05) is 37.4 Å². The van der Waals surface area contributed by atoms with Crippen molar-refractivity contribution < 1.29 is 4.42 Å². The molecule has 7 nitrogen and oxygen atoms in total. The topological polar surface area (TPSA) is 92.5 Å². The van der Waals surface area contributed by atoms with Crippen molar-refractivity contribution >= 4 is 46.2 Å². The number of rotatable bonds is 4. The summed E-state index contributed by atoms with van der Waals surface area (Å²) in [6.07, 6.45) is 3.36. The summed E-state index contributed by atoms with van der Waals surface area (Å²) in [6, 6.07) is 7.48. The Morgan fingerprint density at radius 1 is 1.20 bits per heavy atom. The Balaban J connectivity index is 1.79. The third kappa shape index (κ3) is 2.94. The van der Waals surface area contributed by atoms with E-state index in [1.54, 1.807) is 0 Å². The quantitative estimate of drug-likeness (QED) is 0.511. The lowest BCUT2D eigenvalue weighted by Crippen LogP contribution is -1.97. The number of benzene rings is 1. The van der Waals surface area contributed by atoms with Gasteiger partial charge in [-0.1, -0.05) is 23.4 Å². The second-order valence-corrected chi connectivity index (χ2v) is 6.47. The van der Waals surface area contributed by atoms with E-state index in [1.165, 1.54) is 18.1 Å². The minimum Gasteiger partial charge on any atom is -0.437 e. The molecule has 3 aromatic heterocycles. The molecule has 0 aliphatic carbocycles. The highest BCUT2D eigenvalue weighted by atomic mass is 35.5. The number of nitrogens with one attached hydrogen (secondary N) is 2. The number of hydrogen-bond acceptors (Lipinski definition) is 7. The number of hydrogen-bond donors (Lipinski definition) is 2. The van der Waals surface area contributed by atoms with Gasteiger partial charge in [0.2, 0.25) is 16.8 Å². The molecule has 4 aromatic rings. The average molecular weight is 373 g/mol. The lowest BCUT2D eigenvalue weighted by atomic mass is 10.1. The first kappa shape index (κ1) is 15.9. The molecular formula is C16H13ClN6OS. The van der Waals surface area contributed by atoms with Gasteiger partial charge in [0.05, 0.1) is 5.39 Å². The summed E-state index contributed by atoms with van der Waals surface area (Å²) in [5.74, 6) is 1.85. The van der Waals surface area contributed by atoms with Gasteiger partial charge in [-0.05, 0) is 37.4 Å². The number of thioether (sulfide) groups is 1. The Morgan fingerprint density at radius 3 is 2.72 bits per heavy atom. The molecule has 0 atom stereocenters. The predicted octanol–water partition coefficient (Wildman–Crippen LogP) is 4.44. The lowest BCUT2D eigenvalue weighted by Gasteiger charge is -2.02. The molecule has 4 rings (SSSR count). The van der Waals surface area contributed by atoms with Crippen LogP contribution in [0.1, 0.15) is 5.56 Å². The van der Waals surface area contributed by atoms with Crippen LogP contribution in [0.4, 0.5) is 11.8 Å². The summed E-state index contributed by atoms with van der Waals surface area (Å²) in [4.78, 5) is 12.9. The van der Waals surface area contributed by atoms with Gasteiger partial charge in [0.25, 0.3) is 0 Å². The number of anilines is 2. The first-order valence-corrected chi connectivity index (χ1v) is 8.99. The molecule has 0 saturated carbocycles. The third-order valence-corrected chi connectivity index (χ3v) is 4.52. The van der Waals surface area contributed by atoms with Gasteiger partial charge in [0, 0.05) is 16.1 Å². The summed E-state index contributed by atoms with van der Waals surface area (Å²) >= 11 is 7.42. The van der Waals surface area contributed by atoms with Crippen LogP contribution in [0, 0.1) is 6.92 Å². The highest BCUT2D eigenvalue weighted by Gasteiger charge is 2.18. The Labute approximate surface area is 152 Å². The molecule has 2 N–H and O–H groups in total. The van der Waals surface area contributed by atoms with Gasteiger partial charge >= 0.3 is 0 Å². The molecule has 25 heavy (non-hydrogen) atoms. The van der Waals surface area contributed by atoms with Gasteiger partial charge in [0.15, 0.2) is 0 Å². The Hall–Kier alpha value is -2.58. The van der Waals surface area contributed by atoms with Crippen molar-refractivity contribution in [2.75, 3.05) is 11.6 Å². The van der Waals surface area contributed by atoms with E-state index in [9.17, 15) is 0 Å². The van der Waals surface area contributed by atoms with Crippen LogP contribution in [0.3, 0.4) is 0 Å². The second kappa shape index (κ2) is 6.38. The van der Waals surface area contributed by atoms with E-state index in [0.717, 1.165) is 22.3 Å². The first-order valence-electron chi connectivity index (χ1n) is 7.39. The van der Waals surface area contributed by atoms with Crippen LogP contribution in [0.25, 0.3) is 22.4 Å². The van der Waals surface area contributed by atoms with Crippen molar-refractivity contribution in [3.05, 3.63) is 41.2 Å². The maximum atomic E-state index is 5.97. The smallest absolute Gasteiger partial charge is 0.232 e. The van der Waals surface area contributed by atoms with Gasteiger partial charge in [-0.2, -0.15) is 4.98 Å². The van der Waals surface area contributed by atoms with Crippen molar-refractivity contribution in [2.24, 2.45) is 0 Å². The zero-order chi connectivity index (χ0) is 17.4. The highest BCUT2D eigenvalue weighted by molar-refractivity contribution is 7.98. The minimum absolute atomic E-state index is 0.504. The van der Waals surface area contributed by atoms with Crippen LogP contribution < -0.4 is 5.32 Å².